The lowest BCUT2D eigenvalue weighted by Crippen LogP contribution is -2.19. The largest absolute Gasteiger partial charge is 0.462 e. The number of hydrogen-bond donors (Lipinski definition) is 0. The Kier molecular flexibility index (Phi) is 7.70. The summed E-state index contributed by atoms with van der Waals surface area (Å²) < 4.78 is 5.26. The molecule has 0 amide bonds. The minimum atomic E-state index is -0.310. The summed E-state index contributed by atoms with van der Waals surface area (Å²) in [6, 6.07) is 23.4. The number of benzene rings is 3. The van der Waals surface area contributed by atoms with E-state index < -0.39 is 0 Å². The van der Waals surface area contributed by atoms with Gasteiger partial charge in [0, 0.05) is 6.08 Å². The van der Waals surface area contributed by atoms with Gasteiger partial charge >= 0.3 is 5.97 Å². The predicted molar refractivity (Wildman–Crippen MR) is 149 cm³/mol. The lowest BCUT2D eigenvalue weighted by atomic mass is 9.79. The van der Waals surface area contributed by atoms with Crippen LogP contribution in [-0.4, -0.2) is 12.6 Å². The monoisotopic (exact) mass is 478 g/mol. The minimum Gasteiger partial charge on any atom is -0.462 e. The molecule has 0 bridgehead atoms. The SMILES string of the molecule is C=CC(=O)OCC1CCC(c2ccc(-c3ccc4c(c3)Cc3cc(CCCCC)ccc3-4)cc2)CC1. The molecule has 0 spiro atoms. The Balaban J connectivity index is 1.21. The number of hydrogen-bond acceptors (Lipinski definition) is 2. The van der Waals surface area contributed by atoms with Crippen molar-refractivity contribution >= 4 is 5.97 Å². The van der Waals surface area contributed by atoms with Crippen molar-refractivity contribution in [2.24, 2.45) is 5.92 Å². The molecule has 2 aliphatic carbocycles. The fraction of sp³-hybridized carbons (Fsp3) is 0.382. The molecule has 36 heavy (non-hydrogen) atoms. The molecule has 0 aromatic heterocycles. The van der Waals surface area contributed by atoms with E-state index in [-0.39, 0.29) is 5.97 Å². The lowest BCUT2D eigenvalue weighted by molar-refractivity contribution is -0.139. The van der Waals surface area contributed by atoms with Crippen LogP contribution in [0, 0.1) is 5.92 Å². The molecule has 0 N–H and O–H groups in total. The van der Waals surface area contributed by atoms with Gasteiger partial charge in [-0.05, 0) is 101 Å². The standard InChI is InChI=1S/C34H38O2/c1-3-5-6-7-24-10-18-32-30(20-24)22-31-21-29(17-19-33(31)32)28-15-13-27(14-16-28)26-11-8-25(9-12-26)23-36-34(35)4-2/h4,10,13-21,25-26H,2-3,5-9,11-12,22-23H2,1H3. The second-order valence-corrected chi connectivity index (χ2v) is 10.7. The zero-order valence-electron chi connectivity index (χ0n) is 21.6. The molecule has 0 aliphatic heterocycles. The maximum atomic E-state index is 11.3. The van der Waals surface area contributed by atoms with Crippen LogP contribution < -0.4 is 0 Å². The van der Waals surface area contributed by atoms with Gasteiger partial charge in [-0.2, -0.15) is 0 Å². The van der Waals surface area contributed by atoms with E-state index in [0.29, 0.717) is 18.4 Å². The normalized spacial score (nSPS) is 18.4. The molecule has 2 aliphatic rings. The number of fused-ring (bicyclic) bond motifs is 3. The van der Waals surface area contributed by atoms with Crippen LogP contribution in [0.25, 0.3) is 22.3 Å². The van der Waals surface area contributed by atoms with Crippen molar-refractivity contribution in [3.63, 3.8) is 0 Å². The Hall–Kier alpha value is -3.13. The van der Waals surface area contributed by atoms with Crippen molar-refractivity contribution in [1.29, 1.82) is 0 Å². The second kappa shape index (κ2) is 11.3. The molecular weight excluding hydrogens is 440 g/mol. The summed E-state index contributed by atoms with van der Waals surface area (Å²) in [5.41, 5.74) is 11.3. The van der Waals surface area contributed by atoms with Crippen molar-refractivity contribution < 1.29 is 9.53 Å². The van der Waals surface area contributed by atoms with E-state index in [0.717, 1.165) is 32.1 Å². The van der Waals surface area contributed by atoms with E-state index in [4.69, 9.17) is 4.74 Å². The van der Waals surface area contributed by atoms with Gasteiger partial charge in [0.1, 0.15) is 0 Å². The van der Waals surface area contributed by atoms with Crippen LogP contribution in [0.4, 0.5) is 0 Å². The minimum absolute atomic E-state index is 0.310. The van der Waals surface area contributed by atoms with E-state index in [1.54, 1.807) is 0 Å². The fourth-order valence-corrected chi connectivity index (χ4v) is 6.05. The molecule has 3 aromatic carbocycles. The molecule has 3 aromatic rings. The summed E-state index contributed by atoms with van der Waals surface area (Å²) in [6.45, 7) is 6.26. The summed E-state index contributed by atoms with van der Waals surface area (Å²) >= 11 is 0. The van der Waals surface area contributed by atoms with Crippen LogP contribution in [0.15, 0.2) is 73.3 Å². The summed E-state index contributed by atoms with van der Waals surface area (Å²) in [4.78, 5) is 11.3. The van der Waals surface area contributed by atoms with E-state index in [1.165, 1.54) is 76.3 Å². The molecule has 0 heterocycles. The summed E-state index contributed by atoms with van der Waals surface area (Å²) in [5.74, 6) is 0.772. The van der Waals surface area contributed by atoms with Gasteiger partial charge in [0.15, 0.2) is 0 Å². The Morgan fingerprint density at radius 3 is 2.31 bits per heavy atom. The third-order valence-corrected chi connectivity index (χ3v) is 8.21. The second-order valence-electron chi connectivity index (χ2n) is 10.7. The average Bonchev–Trinajstić information content (AvgIpc) is 3.29. The first-order chi connectivity index (χ1) is 17.6. The molecule has 0 saturated heterocycles. The third kappa shape index (κ3) is 5.48. The van der Waals surface area contributed by atoms with Crippen LogP contribution in [0.5, 0.6) is 0 Å². The van der Waals surface area contributed by atoms with Crippen LogP contribution >= 0.6 is 0 Å². The molecular formula is C34H38O2. The number of ether oxygens (including phenoxy) is 1. The smallest absolute Gasteiger partial charge is 0.330 e. The molecule has 5 rings (SSSR count). The molecule has 0 unspecified atom stereocenters. The highest BCUT2D eigenvalue weighted by Gasteiger charge is 2.23. The van der Waals surface area contributed by atoms with Crippen molar-refractivity contribution in [2.45, 2.75) is 70.6 Å². The van der Waals surface area contributed by atoms with Crippen LogP contribution in [-0.2, 0) is 22.4 Å². The molecule has 2 heteroatoms. The Labute approximate surface area is 216 Å². The highest BCUT2D eigenvalue weighted by Crippen LogP contribution is 2.40. The van der Waals surface area contributed by atoms with Crippen molar-refractivity contribution in [2.75, 3.05) is 6.61 Å². The molecule has 1 saturated carbocycles. The van der Waals surface area contributed by atoms with Gasteiger partial charge < -0.3 is 4.74 Å². The number of carbonyl (C=O) groups excluding carboxylic acids is 1. The first kappa shape index (κ1) is 24.6. The van der Waals surface area contributed by atoms with Crippen molar-refractivity contribution in [3.05, 3.63) is 95.6 Å². The van der Waals surface area contributed by atoms with Gasteiger partial charge in [0.05, 0.1) is 6.61 Å². The zero-order chi connectivity index (χ0) is 24.9. The first-order valence-corrected chi connectivity index (χ1v) is 13.8. The average molecular weight is 479 g/mol. The summed E-state index contributed by atoms with van der Waals surface area (Å²) in [6.07, 6.45) is 11.9. The Morgan fingerprint density at radius 2 is 1.58 bits per heavy atom. The maximum Gasteiger partial charge on any atom is 0.330 e. The number of carbonyl (C=O) groups is 1. The highest BCUT2D eigenvalue weighted by molar-refractivity contribution is 5.81. The van der Waals surface area contributed by atoms with Gasteiger partial charge in [0.2, 0.25) is 0 Å². The van der Waals surface area contributed by atoms with Gasteiger partial charge in [-0.1, -0.05) is 87.0 Å². The van der Waals surface area contributed by atoms with E-state index in [2.05, 4.69) is 74.2 Å². The van der Waals surface area contributed by atoms with Crippen LogP contribution in [0.3, 0.4) is 0 Å². The summed E-state index contributed by atoms with van der Waals surface area (Å²) in [7, 11) is 0. The van der Waals surface area contributed by atoms with Gasteiger partial charge in [-0.15, -0.1) is 0 Å². The molecule has 1 fully saturated rings. The molecule has 186 valence electrons. The van der Waals surface area contributed by atoms with Gasteiger partial charge in [-0.3, -0.25) is 0 Å². The topological polar surface area (TPSA) is 26.3 Å². The number of unbranched alkanes of at least 4 members (excludes halogenated alkanes) is 2. The van der Waals surface area contributed by atoms with Gasteiger partial charge in [0.25, 0.3) is 0 Å². The quantitative estimate of drug-likeness (QED) is 0.137. The van der Waals surface area contributed by atoms with Crippen molar-refractivity contribution in [1.82, 2.24) is 0 Å². The number of rotatable bonds is 9. The molecule has 0 atom stereocenters. The molecule has 2 nitrogen and oxygen atoms in total. The van der Waals surface area contributed by atoms with Crippen LogP contribution in [0.1, 0.15) is 80.0 Å². The number of aryl methyl sites for hydroxylation is 1. The van der Waals surface area contributed by atoms with E-state index in [9.17, 15) is 4.79 Å². The van der Waals surface area contributed by atoms with E-state index in [1.807, 2.05) is 0 Å². The molecule has 0 radical (unpaired) electrons. The maximum absolute atomic E-state index is 11.3. The fourth-order valence-electron chi connectivity index (χ4n) is 6.05. The van der Waals surface area contributed by atoms with Crippen LogP contribution in [0.2, 0.25) is 0 Å². The summed E-state index contributed by atoms with van der Waals surface area (Å²) in [5, 5.41) is 0. The van der Waals surface area contributed by atoms with Crippen molar-refractivity contribution in [3.8, 4) is 22.3 Å². The Bertz CT molecular complexity index is 1210. The first-order valence-electron chi connectivity index (χ1n) is 13.8. The predicted octanol–water partition coefficient (Wildman–Crippen LogP) is 8.66. The van der Waals surface area contributed by atoms with Gasteiger partial charge in [-0.25, -0.2) is 4.79 Å². The Morgan fingerprint density at radius 1 is 0.889 bits per heavy atom. The third-order valence-electron chi connectivity index (χ3n) is 8.21. The lowest BCUT2D eigenvalue weighted by Gasteiger charge is -2.28. The zero-order valence-corrected chi connectivity index (χ0v) is 21.6. The van der Waals surface area contributed by atoms with E-state index >= 15 is 0 Å². The highest BCUT2D eigenvalue weighted by atomic mass is 16.5. The number of esters is 1.